The highest BCUT2D eigenvalue weighted by molar-refractivity contribution is 5.97. The maximum atomic E-state index is 12.4. The zero-order valence-corrected chi connectivity index (χ0v) is 11.6. The van der Waals surface area contributed by atoms with Crippen molar-refractivity contribution in [3.05, 3.63) is 42.9 Å². The second kappa shape index (κ2) is 4.96. The predicted octanol–water partition coefficient (Wildman–Crippen LogP) is 1.45. The molecule has 0 aromatic carbocycles. The monoisotopic (exact) mass is 284 g/mol. The minimum atomic E-state index is 0.164. The van der Waals surface area contributed by atoms with Crippen molar-refractivity contribution in [3.8, 4) is 0 Å². The average Bonchev–Trinajstić information content (AvgIpc) is 3.19. The van der Waals surface area contributed by atoms with E-state index >= 15 is 0 Å². The summed E-state index contributed by atoms with van der Waals surface area (Å²) in [5, 5.41) is 0. The van der Waals surface area contributed by atoms with Gasteiger partial charge in [0.05, 0.1) is 36.6 Å². The van der Waals surface area contributed by atoms with Gasteiger partial charge in [0, 0.05) is 31.1 Å². The third-order valence-electron chi connectivity index (χ3n) is 4.40. The van der Waals surface area contributed by atoms with Gasteiger partial charge >= 0.3 is 0 Å². The van der Waals surface area contributed by atoms with Gasteiger partial charge in [0.1, 0.15) is 6.33 Å². The lowest BCUT2D eigenvalue weighted by Gasteiger charge is -2.24. The first-order chi connectivity index (χ1) is 10.3. The molecule has 21 heavy (non-hydrogen) atoms. The molecule has 2 aliphatic heterocycles. The largest absolute Gasteiger partial charge is 0.472 e. The smallest absolute Gasteiger partial charge is 0.229 e. The lowest BCUT2D eigenvalue weighted by atomic mass is 10.1. The maximum absolute atomic E-state index is 12.4. The van der Waals surface area contributed by atoms with Crippen LogP contribution in [0.4, 0.5) is 5.69 Å². The van der Waals surface area contributed by atoms with Crippen LogP contribution in [0.1, 0.15) is 18.4 Å². The maximum Gasteiger partial charge on any atom is 0.229 e. The predicted molar refractivity (Wildman–Crippen MR) is 75.4 cm³/mol. The Bertz CT molecular complexity index is 628. The van der Waals surface area contributed by atoms with E-state index < -0.39 is 0 Å². The highest BCUT2D eigenvalue weighted by Crippen LogP contribution is 2.36. The molecule has 2 aromatic rings. The van der Waals surface area contributed by atoms with E-state index in [2.05, 4.69) is 14.9 Å². The number of fused-ring (bicyclic) bond motifs is 1. The minimum absolute atomic E-state index is 0.164. The number of aromatic nitrogens is 2. The van der Waals surface area contributed by atoms with Crippen molar-refractivity contribution in [2.75, 3.05) is 11.4 Å². The number of hydrogen-bond donors (Lipinski definition) is 0. The Kier molecular flexibility index (Phi) is 2.96. The molecule has 0 unspecified atom stereocenters. The number of nitrogens with zero attached hydrogens (tertiary/aromatic N) is 4. The number of anilines is 1. The zero-order valence-electron chi connectivity index (χ0n) is 11.6. The SMILES string of the molecule is O=C1C[C@@H]2[C@H](CCN2Cc2ccoc2)N1c1cncnc1. The first-order valence-electron chi connectivity index (χ1n) is 7.15. The van der Waals surface area contributed by atoms with E-state index in [0.717, 1.165) is 30.8 Å². The Hall–Kier alpha value is -2.21. The van der Waals surface area contributed by atoms with Crippen LogP contribution >= 0.6 is 0 Å². The molecule has 6 heteroatoms. The molecule has 0 aliphatic carbocycles. The number of carbonyl (C=O) groups excluding carboxylic acids is 1. The van der Waals surface area contributed by atoms with Gasteiger partial charge in [-0.2, -0.15) is 0 Å². The number of amides is 1. The van der Waals surface area contributed by atoms with Crippen molar-refractivity contribution in [1.29, 1.82) is 0 Å². The van der Waals surface area contributed by atoms with Gasteiger partial charge in [0.25, 0.3) is 0 Å². The molecule has 0 spiro atoms. The fraction of sp³-hybridized carbons (Fsp3) is 0.400. The lowest BCUT2D eigenvalue weighted by Crippen LogP contribution is -2.37. The van der Waals surface area contributed by atoms with Crippen LogP contribution in [-0.4, -0.2) is 39.4 Å². The summed E-state index contributed by atoms with van der Waals surface area (Å²) in [6.45, 7) is 1.84. The van der Waals surface area contributed by atoms with Crippen LogP contribution in [0.2, 0.25) is 0 Å². The van der Waals surface area contributed by atoms with Crippen LogP contribution in [0.3, 0.4) is 0 Å². The van der Waals surface area contributed by atoms with E-state index in [4.69, 9.17) is 4.42 Å². The fourth-order valence-corrected chi connectivity index (χ4v) is 3.49. The zero-order chi connectivity index (χ0) is 14.2. The summed E-state index contributed by atoms with van der Waals surface area (Å²) in [5.74, 6) is 0.164. The molecule has 4 heterocycles. The Morgan fingerprint density at radius 3 is 2.90 bits per heavy atom. The fourth-order valence-electron chi connectivity index (χ4n) is 3.49. The topological polar surface area (TPSA) is 62.5 Å². The summed E-state index contributed by atoms with van der Waals surface area (Å²) in [5.41, 5.74) is 1.96. The molecule has 4 rings (SSSR count). The summed E-state index contributed by atoms with van der Waals surface area (Å²) in [6.07, 6.45) is 9.93. The summed E-state index contributed by atoms with van der Waals surface area (Å²) in [4.78, 5) is 24.7. The molecule has 2 atom stereocenters. The molecular weight excluding hydrogens is 268 g/mol. The summed E-state index contributed by atoms with van der Waals surface area (Å²) in [6, 6.07) is 2.48. The van der Waals surface area contributed by atoms with Crippen LogP contribution < -0.4 is 4.90 Å². The summed E-state index contributed by atoms with van der Waals surface area (Å²) >= 11 is 0. The van der Waals surface area contributed by atoms with Gasteiger partial charge in [0.15, 0.2) is 0 Å². The summed E-state index contributed by atoms with van der Waals surface area (Å²) < 4.78 is 5.13. The van der Waals surface area contributed by atoms with Gasteiger partial charge in [-0.1, -0.05) is 0 Å². The normalized spacial score (nSPS) is 25.5. The van der Waals surface area contributed by atoms with Gasteiger partial charge in [-0.05, 0) is 12.5 Å². The van der Waals surface area contributed by atoms with E-state index in [1.807, 2.05) is 11.0 Å². The van der Waals surface area contributed by atoms with E-state index in [9.17, 15) is 4.79 Å². The average molecular weight is 284 g/mol. The highest BCUT2D eigenvalue weighted by atomic mass is 16.3. The molecule has 6 nitrogen and oxygen atoms in total. The molecular formula is C15H16N4O2. The molecule has 0 radical (unpaired) electrons. The number of rotatable bonds is 3. The molecule has 2 saturated heterocycles. The van der Waals surface area contributed by atoms with E-state index in [1.54, 1.807) is 24.9 Å². The van der Waals surface area contributed by atoms with Crippen molar-refractivity contribution in [2.24, 2.45) is 0 Å². The lowest BCUT2D eigenvalue weighted by molar-refractivity contribution is -0.117. The molecule has 0 N–H and O–H groups in total. The second-order valence-corrected chi connectivity index (χ2v) is 5.59. The van der Waals surface area contributed by atoms with Crippen molar-refractivity contribution in [2.45, 2.75) is 31.5 Å². The van der Waals surface area contributed by atoms with Gasteiger partial charge in [-0.25, -0.2) is 9.97 Å². The van der Waals surface area contributed by atoms with E-state index in [0.29, 0.717) is 6.42 Å². The van der Waals surface area contributed by atoms with Crippen LogP contribution in [0.25, 0.3) is 0 Å². The van der Waals surface area contributed by atoms with Crippen LogP contribution in [0.5, 0.6) is 0 Å². The van der Waals surface area contributed by atoms with Crippen LogP contribution in [0.15, 0.2) is 41.7 Å². The van der Waals surface area contributed by atoms with E-state index in [1.165, 1.54) is 6.33 Å². The standard InChI is InChI=1S/C15H16N4O2/c20-15-5-14-13(19(15)12-6-16-10-17-7-12)1-3-18(14)8-11-2-4-21-9-11/h2,4,6-7,9-10,13-14H,1,3,5,8H2/t13-,14+/m0/s1. The Morgan fingerprint density at radius 2 is 2.14 bits per heavy atom. The molecule has 0 saturated carbocycles. The quantitative estimate of drug-likeness (QED) is 0.853. The number of hydrogen-bond acceptors (Lipinski definition) is 5. The molecule has 2 aliphatic rings. The van der Waals surface area contributed by atoms with Gasteiger partial charge in [-0.15, -0.1) is 0 Å². The van der Waals surface area contributed by atoms with Crippen molar-refractivity contribution < 1.29 is 9.21 Å². The molecule has 2 fully saturated rings. The number of carbonyl (C=O) groups is 1. The summed E-state index contributed by atoms with van der Waals surface area (Å²) in [7, 11) is 0. The van der Waals surface area contributed by atoms with Crippen LogP contribution in [-0.2, 0) is 11.3 Å². The van der Waals surface area contributed by atoms with Gasteiger partial charge in [0.2, 0.25) is 5.91 Å². The van der Waals surface area contributed by atoms with Crippen molar-refractivity contribution in [1.82, 2.24) is 14.9 Å². The molecule has 1 amide bonds. The third-order valence-corrected chi connectivity index (χ3v) is 4.40. The number of furan rings is 1. The number of likely N-dealkylation sites (tertiary alicyclic amines) is 1. The first kappa shape index (κ1) is 12.5. The first-order valence-corrected chi connectivity index (χ1v) is 7.15. The van der Waals surface area contributed by atoms with Crippen LogP contribution in [0, 0.1) is 0 Å². The Balaban J connectivity index is 1.55. The van der Waals surface area contributed by atoms with E-state index in [-0.39, 0.29) is 18.0 Å². The third kappa shape index (κ3) is 2.12. The highest BCUT2D eigenvalue weighted by Gasteiger charge is 2.47. The van der Waals surface area contributed by atoms with Crippen molar-refractivity contribution >= 4 is 11.6 Å². The minimum Gasteiger partial charge on any atom is -0.472 e. The molecule has 2 aromatic heterocycles. The van der Waals surface area contributed by atoms with Gasteiger partial charge in [-0.3, -0.25) is 9.69 Å². The second-order valence-electron chi connectivity index (χ2n) is 5.59. The Labute approximate surface area is 122 Å². The molecule has 108 valence electrons. The Morgan fingerprint density at radius 1 is 1.29 bits per heavy atom. The van der Waals surface area contributed by atoms with Gasteiger partial charge < -0.3 is 9.32 Å². The van der Waals surface area contributed by atoms with Crippen molar-refractivity contribution in [3.63, 3.8) is 0 Å². The molecule has 0 bridgehead atoms.